The Hall–Kier alpha value is -1.93. The van der Waals surface area contributed by atoms with Gasteiger partial charge in [0.05, 0.1) is 17.1 Å². The van der Waals surface area contributed by atoms with E-state index < -0.39 is 10.0 Å². The number of carbonyl (C=O) groups is 1. The molecule has 0 radical (unpaired) electrons. The van der Waals surface area contributed by atoms with Crippen LogP contribution in [0.15, 0.2) is 53.4 Å². The van der Waals surface area contributed by atoms with E-state index in [1.54, 1.807) is 6.07 Å². The zero-order valence-corrected chi connectivity index (χ0v) is 17.3. The number of carbonyl (C=O) groups excluding carboxylic acids is 1. The number of morpholine rings is 1. The molecule has 8 heteroatoms. The molecule has 0 saturated carbocycles. The molecule has 6 nitrogen and oxygen atoms in total. The number of nitrogens with one attached hydrogen (secondary N) is 1. The molecule has 1 aliphatic rings. The van der Waals surface area contributed by atoms with E-state index in [1.807, 2.05) is 32.0 Å². The summed E-state index contributed by atoms with van der Waals surface area (Å²) in [5.74, 6) is -0.294. The standard InChI is InChI=1S/C20H23ClN2O4S/c1-14-12-23(13-15(2)27-14)28(25,26)18-9-7-16(8-10-18)20(24)22-11-17-5-3-4-6-19(17)21/h3-10,14-15H,11-13H2,1-2H3,(H,22,24)/t14-,15-/m0/s1. The third-order valence-corrected chi connectivity index (χ3v) is 6.75. The van der Waals surface area contributed by atoms with Crippen molar-refractivity contribution in [3.05, 3.63) is 64.7 Å². The average Bonchev–Trinajstić information content (AvgIpc) is 2.66. The van der Waals surface area contributed by atoms with Gasteiger partial charge in [-0.1, -0.05) is 29.8 Å². The quantitative estimate of drug-likeness (QED) is 0.803. The Bertz CT molecular complexity index is 937. The minimum Gasteiger partial charge on any atom is -0.373 e. The lowest BCUT2D eigenvalue weighted by Crippen LogP contribution is -2.48. The number of amides is 1. The van der Waals surface area contributed by atoms with Crippen LogP contribution in [0.3, 0.4) is 0 Å². The van der Waals surface area contributed by atoms with E-state index in [0.29, 0.717) is 30.2 Å². The Morgan fingerprint density at radius 3 is 2.32 bits per heavy atom. The normalized spacial score (nSPS) is 20.7. The highest BCUT2D eigenvalue weighted by atomic mass is 35.5. The second kappa shape index (κ2) is 8.61. The summed E-state index contributed by atoms with van der Waals surface area (Å²) in [5.41, 5.74) is 1.20. The minimum absolute atomic E-state index is 0.159. The van der Waals surface area contributed by atoms with Crippen molar-refractivity contribution >= 4 is 27.5 Å². The van der Waals surface area contributed by atoms with Crippen LogP contribution in [0.4, 0.5) is 0 Å². The van der Waals surface area contributed by atoms with Gasteiger partial charge in [0.15, 0.2) is 0 Å². The van der Waals surface area contributed by atoms with E-state index >= 15 is 0 Å². The van der Waals surface area contributed by atoms with E-state index in [1.165, 1.54) is 28.6 Å². The van der Waals surface area contributed by atoms with Crippen LogP contribution < -0.4 is 5.32 Å². The summed E-state index contributed by atoms with van der Waals surface area (Å²) in [6.07, 6.45) is -0.318. The van der Waals surface area contributed by atoms with Gasteiger partial charge in [0.25, 0.3) is 5.91 Å². The first-order valence-electron chi connectivity index (χ1n) is 9.04. The maximum atomic E-state index is 12.9. The van der Waals surface area contributed by atoms with Crippen molar-refractivity contribution in [3.8, 4) is 0 Å². The van der Waals surface area contributed by atoms with Gasteiger partial charge >= 0.3 is 0 Å². The third-order valence-electron chi connectivity index (χ3n) is 4.54. The maximum Gasteiger partial charge on any atom is 0.251 e. The maximum absolute atomic E-state index is 12.9. The number of sulfonamides is 1. The van der Waals surface area contributed by atoms with Gasteiger partial charge in [-0.2, -0.15) is 4.31 Å². The number of ether oxygens (including phenoxy) is 1. The highest BCUT2D eigenvalue weighted by Gasteiger charge is 2.32. The molecule has 0 spiro atoms. The Labute approximate surface area is 170 Å². The molecule has 28 heavy (non-hydrogen) atoms. The lowest BCUT2D eigenvalue weighted by atomic mass is 10.2. The summed E-state index contributed by atoms with van der Waals surface area (Å²) in [7, 11) is -3.63. The van der Waals surface area contributed by atoms with Crippen LogP contribution in [-0.4, -0.2) is 43.9 Å². The van der Waals surface area contributed by atoms with Gasteiger partial charge in [-0.15, -0.1) is 0 Å². The van der Waals surface area contributed by atoms with Crippen LogP contribution in [0, 0.1) is 0 Å². The van der Waals surface area contributed by atoms with Crippen LogP contribution in [0.1, 0.15) is 29.8 Å². The van der Waals surface area contributed by atoms with Crippen LogP contribution in [-0.2, 0) is 21.3 Å². The zero-order valence-electron chi connectivity index (χ0n) is 15.8. The third kappa shape index (κ3) is 4.72. The van der Waals surface area contributed by atoms with Crippen molar-refractivity contribution in [2.45, 2.75) is 37.5 Å². The second-order valence-corrected chi connectivity index (χ2v) is 9.22. The molecule has 0 unspecified atom stereocenters. The smallest absolute Gasteiger partial charge is 0.251 e. The fourth-order valence-electron chi connectivity index (χ4n) is 3.17. The van der Waals surface area contributed by atoms with Gasteiger partial charge in [-0.25, -0.2) is 8.42 Å². The van der Waals surface area contributed by atoms with Crippen molar-refractivity contribution < 1.29 is 17.9 Å². The fraction of sp³-hybridized carbons (Fsp3) is 0.350. The lowest BCUT2D eigenvalue weighted by molar-refractivity contribution is -0.0440. The van der Waals surface area contributed by atoms with Crippen molar-refractivity contribution in [2.75, 3.05) is 13.1 Å². The molecule has 2 aromatic rings. The van der Waals surface area contributed by atoms with Crippen LogP contribution in [0.5, 0.6) is 0 Å². The Balaban J connectivity index is 1.68. The van der Waals surface area contributed by atoms with Gasteiger partial charge in [0.2, 0.25) is 10.0 Å². The van der Waals surface area contributed by atoms with Crippen molar-refractivity contribution in [1.29, 1.82) is 0 Å². The van der Waals surface area contributed by atoms with E-state index in [0.717, 1.165) is 5.56 Å². The van der Waals surface area contributed by atoms with E-state index in [-0.39, 0.29) is 23.0 Å². The first-order valence-corrected chi connectivity index (χ1v) is 10.9. The summed E-state index contributed by atoms with van der Waals surface area (Å²) in [4.78, 5) is 12.5. The molecule has 2 aromatic carbocycles. The fourth-order valence-corrected chi connectivity index (χ4v) is 4.97. The lowest BCUT2D eigenvalue weighted by Gasteiger charge is -2.34. The van der Waals surface area contributed by atoms with Crippen molar-refractivity contribution in [2.24, 2.45) is 0 Å². The predicted molar refractivity (Wildman–Crippen MR) is 108 cm³/mol. The number of hydrogen-bond donors (Lipinski definition) is 1. The summed E-state index contributed by atoms with van der Waals surface area (Å²) in [6, 6.07) is 13.2. The molecule has 1 heterocycles. The molecule has 2 atom stereocenters. The Kier molecular flexibility index (Phi) is 6.40. The molecule has 3 rings (SSSR count). The van der Waals surface area contributed by atoms with Crippen molar-refractivity contribution in [1.82, 2.24) is 9.62 Å². The van der Waals surface area contributed by atoms with Crippen LogP contribution in [0.2, 0.25) is 5.02 Å². The molecule has 0 aromatic heterocycles. The molecular weight excluding hydrogens is 400 g/mol. The summed E-state index contributed by atoms with van der Waals surface area (Å²) >= 11 is 6.09. The SMILES string of the molecule is C[C@H]1CN(S(=O)(=O)c2ccc(C(=O)NCc3ccccc3Cl)cc2)C[C@H](C)O1. The van der Waals surface area contributed by atoms with Gasteiger partial charge in [-0.05, 0) is 49.7 Å². The molecule has 0 aliphatic carbocycles. The van der Waals surface area contributed by atoms with E-state index in [4.69, 9.17) is 16.3 Å². The minimum atomic E-state index is -3.63. The first kappa shape index (κ1) is 20.8. The molecule has 0 bridgehead atoms. The van der Waals surface area contributed by atoms with E-state index in [2.05, 4.69) is 5.32 Å². The molecule has 1 aliphatic heterocycles. The number of benzene rings is 2. The summed E-state index contributed by atoms with van der Waals surface area (Å²) in [6.45, 7) is 4.62. The monoisotopic (exact) mass is 422 g/mol. The highest BCUT2D eigenvalue weighted by Crippen LogP contribution is 2.21. The topological polar surface area (TPSA) is 75.7 Å². The van der Waals surface area contributed by atoms with Crippen LogP contribution in [0.25, 0.3) is 0 Å². The second-order valence-electron chi connectivity index (χ2n) is 6.88. The summed E-state index contributed by atoms with van der Waals surface area (Å²) < 4.78 is 32.8. The van der Waals surface area contributed by atoms with E-state index in [9.17, 15) is 13.2 Å². The molecule has 1 saturated heterocycles. The van der Waals surface area contributed by atoms with Crippen molar-refractivity contribution in [3.63, 3.8) is 0 Å². The molecule has 1 N–H and O–H groups in total. The highest BCUT2D eigenvalue weighted by molar-refractivity contribution is 7.89. The van der Waals surface area contributed by atoms with Gasteiger partial charge < -0.3 is 10.1 Å². The molecular formula is C20H23ClN2O4S. The number of halogens is 1. The largest absolute Gasteiger partial charge is 0.373 e. The molecule has 1 amide bonds. The Morgan fingerprint density at radius 1 is 1.11 bits per heavy atom. The predicted octanol–water partition coefficient (Wildman–Crippen LogP) is 3.07. The van der Waals surface area contributed by atoms with Gasteiger partial charge in [0.1, 0.15) is 0 Å². The number of rotatable bonds is 5. The molecule has 1 fully saturated rings. The number of hydrogen-bond acceptors (Lipinski definition) is 4. The van der Waals surface area contributed by atoms with Crippen LogP contribution >= 0.6 is 11.6 Å². The number of nitrogens with zero attached hydrogens (tertiary/aromatic N) is 1. The average molecular weight is 423 g/mol. The summed E-state index contributed by atoms with van der Waals surface area (Å²) in [5, 5.41) is 3.37. The molecule has 150 valence electrons. The van der Waals surface area contributed by atoms with Gasteiger partial charge in [-0.3, -0.25) is 4.79 Å². The first-order chi connectivity index (χ1) is 13.3. The zero-order chi connectivity index (χ0) is 20.3. The Morgan fingerprint density at radius 2 is 1.71 bits per heavy atom. The van der Waals surface area contributed by atoms with Gasteiger partial charge in [0, 0.05) is 30.2 Å².